The van der Waals surface area contributed by atoms with E-state index in [2.05, 4.69) is 18.9 Å². The molecular weight excluding hydrogens is 242 g/mol. The van der Waals surface area contributed by atoms with Crippen LogP contribution in [-0.4, -0.2) is 32.4 Å². The average molecular weight is 265 g/mol. The molecule has 0 saturated carbocycles. The van der Waals surface area contributed by atoms with E-state index in [9.17, 15) is 4.79 Å². The fourth-order valence-corrected chi connectivity index (χ4v) is 2.32. The summed E-state index contributed by atoms with van der Waals surface area (Å²) in [6.07, 6.45) is 1.55. The maximum absolute atomic E-state index is 12.3. The molecule has 0 radical (unpaired) electrons. The van der Waals surface area contributed by atoms with Gasteiger partial charge in [-0.15, -0.1) is 0 Å². The van der Waals surface area contributed by atoms with Crippen LogP contribution in [-0.2, 0) is 17.8 Å². The molecule has 1 aliphatic heterocycles. The van der Waals surface area contributed by atoms with Crippen LogP contribution in [0, 0.1) is 5.92 Å². The van der Waals surface area contributed by atoms with Gasteiger partial charge in [0.05, 0.1) is 24.8 Å². The lowest BCUT2D eigenvalue weighted by atomic mass is 10.0. The van der Waals surface area contributed by atoms with Gasteiger partial charge in [-0.3, -0.25) is 9.58 Å². The first kappa shape index (κ1) is 13.9. The Balaban J connectivity index is 2.20. The third-order valence-electron chi connectivity index (χ3n) is 3.29. The van der Waals surface area contributed by atoms with Gasteiger partial charge in [0.25, 0.3) is 0 Å². The SMILES string of the molecule is CC(C)[C@@H]1Cn2nccc2CN1C(=O)OC(C)(C)C. The van der Waals surface area contributed by atoms with Gasteiger partial charge in [-0.2, -0.15) is 5.10 Å². The highest BCUT2D eigenvalue weighted by atomic mass is 16.6. The number of hydrogen-bond acceptors (Lipinski definition) is 3. The molecule has 0 saturated heterocycles. The van der Waals surface area contributed by atoms with E-state index in [4.69, 9.17) is 4.74 Å². The molecule has 106 valence electrons. The molecular formula is C14H23N3O2. The lowest BCUT2D eigenvalue weighted by Crippen LogP contribution is -2.50. The highest BCUT2D eigenvalue weighted by molar-refractivity contribution is 5.68. The maximum Gasteiger partial charge on any atom is 0.410 e. The van der Waals surface area contributed by atoms with Crippen LogP contribution in [0.25, 0.3) is 0 Å². The van der Waals surface area contributed by atoms with Crippen molar-refractivity contribution < 1.29 is 9.53 Å². The zero-order valence-electron chi connectivity index (χ0n) is 12.4. The van der Waals surface area contributed by atoms with E-state index in [0.29, 0.717) is 12.5 Å². The molecule has 1 aromatic heterocycles. The topological polar surface area (TPSA) is 47.4 Å². The summed E-state index contributed by atoms with van der Waals surface area (Å²) in [7, 11) is 0. The van der Waals surface area contributed by atoms with E-state index in [0.717, 1.165) is 12.2 Å². The molecule has 1 amide bonds. The van der Waals surface area contributed by atoms with Gasteiger partial charge >= 0.3 is 6.09 Å². The number of carbonyl (C=O) groups excluding carboxylic acids is 1. The van der Waals surface area contributed by atoms with Crippen LogP contribution in [0.15, 0.2) is 12.3 Å². The summed E-state index contributed by atoms with van der Waals surface area (Å²) in [4.78, 5) is 14.2. The van der Waals surface area contributed by atoms with Crippen molar-refractivity contribution in [1.29, 1.82) is 0 Å². The molecule has 0 fully saturated rings. The van der Waals surface area contributed by atoms with Crippen molar-refractivity contribution in [2.45, 2.75) is 59.4 Å². The number of hydrogen-bond donors (Lipinski definition) is 0. The van der Waals surface area contributed by atoms with Crippen molar-refractivity contribution in [3.05, 3.63) is 18.0 Å². The van der Waals surface area contributed by atoms with Crippen LogP contribution in [0.4, 0.5) is 4.79 Å². The maximum atomic E-state index is 12.3. The van der Waals surface area contributed by atoms with Gasteiger partial charge in [-0.05, 0) is 32.8 Å². The molecule has 1 atom stereocenters. The van der Waals surface area contributed by atoms with E-state index in [1.54, 1.807) is 6.20 Å². The summed E-state index contributed by atoms with van der Waals surface area (Å²) < 4.78 is 7.48. The minimum atomic E-state index is -0.462. The zero-order valence-corrected chi connectivity index (χ0v) is 12.4. The second kappa shape index (κ2) is 4.87. The fraction of sp³-hybridized carbons (Fsp3) is 0.714. The minimum absolute atomic E-state index is 0.127. The van der Waals surface area contributed by atoms with E-state index in [-0.39, 0.29) is 12.1 Å². The molecule has 2 heterocycles. The number of fused-ring (bicyclic) bond motifs is 1. The van der Waals surface area contributed by atoms with Gasteiger partial charge in [0.1, 0.15) is 5.60 Å². The summed E-state index contributed by atoms with van der Waals surface area (Å²) in [5.74, 6) is 0.366. The Labute approximate surface area is 114 Å². The van der Waals surface area contributed by atoms with Crippen LogP contribution >= 0.6 is 0 Å². The number of carbonyl (C=O) groups is 1. The summed E-state index contributed by atoms with van der Waals surface area (Å²) >= 11 is 0. The Hall–Kier alpha value is -1.52. The van der Waals surface area contributed by atoms with Crippen LogP contribution in [0.1, 0.15) is 40.3 Å². The van der Waals surface area contributed by atoms with Crippen molar-refractivity contribution in [2.24, 2.45) is 5.92 Å². The first-order valence-corrected chi connectivity index (χ1v) is 6.78. The van der Waals surface area contributed by atoms with Crippen molar-refractivity contribution >= 4 is 6.09 Å². The highest BCUT2D eigenvalue weighted by Gasteiger charge is 2.34. The second-order valence-corrected chi connectivity index (χ2v) is 6.42. The quantitative estimate of drug-likeness (QED) is 0.784. The average Bonchev–Trinajstić information content (AvgIpc) is 2.71. The summed E-state index contributed by atoms with van der Waals surface area (Å²) in [5, 5.41) is 4.30. The van der Waals surface area contributed by atoms with E-state index in [1.807, 2.05) is 36.4 Å². The molecule has 5 heteroatoms. The van der Waals surface area contributed by atoms with E-state index < -0.39 is 5.60 Å². The number of ether oxygens (including phenoxy) is 1. The lowest BCUT2D eigenvalue weighted by molar-refractivity contribution is 0.0000881. The molecule has 0 aromatic carbocycles. The molecule has 0 aliphatic carbocycles. The molecule has 0 spiro atoms. The first-order valence-electron chi connectivity index (χ1n) is 6.78. The smallest absolute Gasteiger partial charge is 0.410 e. The third-order valence-corrected chi connectivity index (χ3v) is 3.29. The predicted octanol–water partition coefficient (Wildman–Crippen LogP) is 2.66. The molecule has 1 aliphatic rings. The van der Waals surface area contributed by atoms with Crippen LogP contribution in [0.2, 0.25) is 0 Å². The summed E-state index contributed by atoms with van der Waals surface area (Å²) in [6.45, 7) is 11.2. The molecule has 0 bridgehead atoms. The third kappa shape index (κ3) is 3.08. The van der Waals surface area contributed by atoms with Crippen molar-refractivity contribution in [2.75, 3.05) is 0 Å². The molecule has 2 rings (SSSR count). The molecule has 19 heavy (non-hydrogen) atoms. The van der Waals surface area contributed by atoms with E-state index >= 15 is 0 Å². The minimum Gasteiger partial charge on any atom is -0.444 e. The number of amides is 1. The monoisotopic (exact) mass is 265 g/mol. The Morgan fingerprint density at radius 1 is 1.47 bits per heavy atom. The van der Waals surface area contributed by atoms with Crippen LogP contribution < -0.4 is 0 Å². The van der Waals surface area contributed by atoms with Crippen molar-refractivity contribution in [3.63, 3.8) is 0 Å². The lowest BCUT2D eigenvalue weighted by Gasteiger charge is -2.39. The standard InChI is InChI=1S/C14H23N3O2/c1-10(2)12-9-17-11(6-7-15-17)8-16(12)13(18)19-14(3,4)5/h6-7,10,12H,8-9H2,1-5H3/t12-/m0/s1. The fourth-order valence-electron chi connectivity index (χ4n) is 2.32. The molecule has 0 unspecified atom stereocenters. The number of rotatable bonds is 1. The van der Waals surface area contributed by atoms with Gasteiger partial charge in [-0.25, -0.2) is 4.79 Å². The van der Waals surface area contributed by atoms with Crippen LogP contribution in [0.3, 0.4) is 0 Å². The van der Waals surface area contributed by atoms with Gasteiger partial charge < -0.3 is 4.74 Å². The van der Waals surface area contributed by atoms with Crippen molar-refractivity contribution in [3.8, 4) is 0 Å². The Morgan fingerprint density at radius 2 is 2.16 bits per heavy atom. The summed E-state index contributed by atoms with van der Waals surface area (Å²) in [6, 6.07) is 2.08. The molecule has 1 aromatic rings. The molecule has 5 nitrogen and oxygen atoms in total. The second-order valence-electron chi connectivity index (χ2n) is 6.42. The highest BCUT2D eigenvalue weighted by Crippen LogP contribution is 2.24. The first-order chi connectivity index (χ1) is 8.78. The zero-order chi connectivity index (χ0) is 14.2. The number of aromatic nitrogens is 2. The van der Waals surface area contributed by atoms with Gasteiger partial charge in [0, 0.05) is 6.20 Å². The Morgan fingerprint density at radius 3 is 2.74 bits per heavy atom. The largest absolute Gasteiger partial charge is 0.444 e. The Kier molecular flexibility index (Phi) is 3.56. The molecule has 0 N–H and O–H groups in total. The van der Waals surface area contributed by atoms with Crippen LogP contribution in [0.5, 0.6) is 0 Å². The normalized spacial score (nSPS) is 19.5. The van der Waals surface area contributed by atoms with E-state index in [1.165, 1.54) is 0 Å². The van der Waals surface area contributed by atoms with Gasteiger partial charge in [0.15, 0.2) is 0 Å². The van der Waals surface area contributed by atoms with Crippen molar-refractivity contribution in [1.82, 2.24) is 14.7 Å². The number of nitrogens with zero attached hydrogens (tertiary/aromatic N) is 3. The Bertz CT molecular complexity index is 460. The van der Waals surface area contributed by atoms with Gasteiger partial charge in [0.2, 0.25) is 0 Å². The summed E-state index contributed by atoms with van der Waals surface area (Å²) in [5.41, 5.74) is 0.596. The predicted molar refractivity (Wildman–Crippen MR) is 72.6 cm³/mol. The van der Waals surface area contributed by atoms with Gasteiger partial charge in [-0.1, -0.05) is 13.8 Å².